The standard InChI is InChI=1S/C20H32N4O2/c1-3-15-5-6-16(26-15)19(25)24(14-18-22-11-12-23(18)4-2)17-13-20(17)7-9-21-10-8-20/h11-12,15-17,21H,3-10,13-14H2,1-2H3/t15-,16-,17-/m1/s1. The minimum atomic E-state index is -0.260. The molecule has 144 valence electrons. The molecule has 0 bridgehead atoms. The topological polar surface area (TPSA) is 59.4 Å². The third-order valence-electron chi connectivity index (χ3n) is 6.70. The van der Waals surface area contributed by atoms with Gasteiger partial charge in [-0.3, -0.25) is 4.79 Å². The first-order valence-electron chi connectivity index (χ1n) is 10.3. The molecule has 26 heavy (non-hydrogen) atoms. The van der Waals surface area contributed by atoms with E-state index in [-0.39, 0.29) is 18.1 Å². The van der Waals surface area contributed by atoms with Gasteiger partial charge in [0.1, 0.15) is 11.9 Å². The van der Waals surface area contributed by atoms with Crippen LogP contribution in [-0.4, -0.2) is 51.7 Å². The number of ether oxygens (including phenoxy) is 1. The molecule has 1 aliphatic carbocycles. The first-order valence-corrected chi connectivity index (χ1v) is 10.3. The number of carbonyl (C=O) groups is 1. The molecule has 3 heterocycles. The predicted octanol–water partition coefficient (Wildman–Crippen LogP) is 2.33. The Labute approximate surface area is 156 Å². The molecular formula is C20H32N4O2. The van der Waals surface area contributed by atoms with Crippen LogP contribution in [-0.2, 0) is 22.6 Å². The average Bonchev–Trinajstić information content (AvgIpc) is 3.07. The quantitative estimate of drug-likeness (QED) is 0.846. The highest BCUT2D eigenvalue weighted by atomic mass is 16.5. The van der Waals surface area contributed by atoms with E-state index in [9.17, 15) is 4.79 Å². The summed E-state index contributed by atoms with van der Waals surface area (Å²) >= 11 is 0. The van der Waals surface area contributed by atoms with Gasteiger partial charge in [0.15, 0.2) is 0 Å². The lowest BCUT2D eigenvalue weighted by molar-refractivity contribution is -0.145. The van der Waals surface area contributed by atoms with Crippen LogP contribution in [0.3, 0.4) is 0 Å². The third kappa shape index (κ3) is 3.29. The number of aromatic nitrogens is 2. The van der Waals surface area contributed by atoms with Gasteiger partial charge in [0.05, 0.1) is 12.6 Å². The highest BCUT2D eigenvalue weighted by Crippen LogP contribution is 2.56. The molecule has 0 unspecified atom stereocenters. The van der Waals surface area contributed by atoms with Crippen molar-refractivity contribution in [3.63, 3.8) is 0 Å². The summed E-state index contributed by atoms with van der Waals surface area (Å²) in [6, 6.07) is 0.350. The number of imidazole rings is 1. The highest BCUT2D eigenvalue weighted by Gasteiger charge is 2.58. The van der Waals surface area contributed by atoms with Gasteiger partial charge in [-0.1, -0.05) is 6.92 Å². The summed E-state index contributed by atoms with van der Waals surface area (Å²) in [6.07, 6.45) is 10.2. The molecule has 0 radical (unpaired) electrons. The molecule has 2 saturated heterocycles. The van der Waals surface area contributed by atoms with E-state index >= 15 is 0 Å². The monoisotopic (exact) mass is 360 g/mol. The number of amides is 1. The normalized spacial score (nSPS) is 29.8. The molecule has 3 atom stereocenters. The average molecular weight is 361 g/mol. The Kier molecular flexibility index (Phi) is 5.06. The summed E-state index contributed by atoms with van der Waals surface area (Å²) in [6.45, 7) is 7.89. The molecule has 1 spiro atoms. The number of hydrogen-bond acceptors (Lipinski definition) is 4. The molecule has 6 nitrogen and oxygen atoms in total. The lowest BCUT2D eigenvalue weighted by atomic mass is 9.93. The van der Waals surface area contributed by atoms with Crippen LogP contribution in [0.25, 0.3) is 0 Å². The molecule has 1 N–H and O–H groups in total. The van der Waals surface area contributed by atoms with E-state index in [1.54, 1.807) is 0 Å². The molecule has 0 aromatic carbocycles. The molecule has 4 rings (SSSR count). The Hall–Kier alpha value is -1.40. The van der Waals surface area contributed by atoms with Gasteiger partial charge in [-0.15, -0.1) is 0 Å². The van der Waals surface area contributed by atoms with E-state index in [0.717, 1.165) is 51.1 Å². The lowest BCUT2D eigenvalue weighted by Crippen LogP contribution is -2.44. The molecule has 1 aromatic heterocycles. The van der Waals surface area contributed by atoms with Gasteiger partial charge >= 0.3 is 0 Å². The Morgan fingerprint density at radius 2 is 2.19 bits per heavy atom. The maximum atomic E-state index is 13.4. The van der Waals surface area contributed by atoms with Crippen molar-refractivity contribution in [2.45, 2.75) is 83.7 Å². The first-order chi connectivity index (χ1) is 12.7. The highest BCUT2D eigenvalue weighted by molar-refractivity contribution is 5.82. The molecule has 1 saturated carbocycles. The van der Waals surface area contributed by atoms with Crippen LogP contribution in [0.15, 0.2) is 12.4 Å². The molecule has 3 fully saturated rings. The lowest BCUT2D eigenvalue weighted by Gasteiger charge is -2.31. The van der Waals surface area contributed by atoms with Gasteiger partial charge in [0.2, 0.25) is 0 Å². The number of nitrogens with one attached hydrogen (secondary N) is 1. The zero-order chi connectivity index (χ0) is 18.1. The number of carbonyl (C=O) groups excluding carboxylic acids is 1. The number of rotatable bonds is 6. The van der Waals surface area contributed by atoms with E-state index < -0.39 is 0 Å². The molecule has 1 amide bonds. The molecular weight excluding hydrogens is 328 g/mol. The molecule has 1 aromatic rings. The van der Waals surface area contributed by atoms with Gasteiger partial charge in [0, 0.05) is 25.0 Å². The van der Waals surface area contributed by atoms with Crippen molar-refractivity contribution < 1.29 is 9.53 Å². The minimum absolute atomic E-state index is 0.187. The smallest absolute Gasteiger partial charge is 0.252 e. The molecule has 3 aliphatic rings. The maximum absolute atomic E-state index is 13.4. The van der Waals surface area contributed by atoms with Crippen LogP contribution < -0.4 is 5.32 Å². The largest absolute Gasteiger partial charge is 0.365 e. The van der Waals surface area contributed by atoms with Crippen molar-refractivity contribution in [3.05, 3.63) is 18.2 Å². The fourth-order valence-corrected chi connectivity index (χ4v) is 4.88. The Morgan fingerprint density at radius 3 is 2.88 bits per heavy atom. The summed E-state index contributed by atoms with van der Waals surface area (Å²) in [5.41, 5.74) is 0.327. The van der Waals surface area contributed by atoms with Gasteiger partial charge in [0.25, 0.3) is 5.91 Å². The summed E-state index contributed by atoms with van der Waals surface area (Å²) < 4.78 is 8.19. The second-order valence-electron chi connectivity index (χ2n) is 8.16. The van der Waals surface area contributed by atoms with E-state index in [1.807, 2.05) is 12.4 Å². The van der Waals surface area contributed by atoms with Crippen LogP contribution >= 0.6 is 0 Å². The van der Waals surface area contributed by atoms with Crippen molar-refractivity contribution >= 4 is 5.91 Å². The molecule has 2 aliphatic heterocycles. The van der Waals surface area contributed by atoms with Gasteiger partial charge in [-0.25, -0.2) is 4.98 Å². The van der Waals surface area contributed by atoms with Crippen molar-refractivity contribution in [2.24, 2.45) is 5.41 Å². The van der Waals surface area contributed by atoms with Crippen molar-refractivity contribution in [3.8, 4) is 0 Å². The summed E-state index contributed by atoms with van der Waals surface area (Å²) in [5.74, 6) is 1.17. The molecule has 6 heteroatoms. The van der Waals surface area contributed by atoms with E-state index in [4.69, 9.17) is 4.74 Å². The third-order valence-corrected chi connectivity index (χ3v) is 6.70. The van der Waals surface area contributed by atoms with Crippen LogP contribution in [0, 0.1) is 5.41 Å². The second-order valence-corrected chi connectivity index (χ2v) is 8.16. The fourth-order valence-electron chi connectivity index (χ4n) is 4.88. The Bertz CT molecular complexity index is 638. The zero-order valence-electron chi connectivity index (χ0n) is 16.1. The van der Waals surface area contributed by atoms with Gasteiger partial charge in [-0.05, 0) is 64.0 Å². The number of nitrogens with zero attached hydrogens (tertiary/aromatic N) is 3. The fraction of sp³-hybridized carbons (Fsp3) is 0.800. The predicted molar refractivity (Wildman–Crippen MR) is 99.6 cm³/mol. The van der Waals surface area contributed by atoms with Crippen molar-refractivity contribution in [2.75, 3.05) is 13.1 Å². The van der Waals surface area contributed by atoms with E-state index in [2.05, 4.69) is 33.6 Å². The van der Waals surface area contributed by atoms with Crippen LogP contribution in [0.5, 0.6) is 0 Å². The summed E-state index contributed by atoms with van der Waals surface area (Å²) in [4.78, 5) is 20.0. The van der Waals surface area contributed by atoms with E-state index in [0.29, 0.717) is 18.0 Å². The van der Waals surface area contributed by atoms with Crippen LogP contribution in [0.4, 0.5) is 0 Å². The van der Waals surface area contributed by atoms with Crippen LogP contribution in [0.2, 0.25) is 0 Å². The summed E-state index contributed by atoms with van der Waals surface area (Å²) in [7, 11) is 0. The number of hydrogen-bond donors (Lipinski definition) is 1. The first kappa shape index (κ1) is 18.0. The van der Waals surface area contributed by atoms with Gasteiger partial charge in [-0.2, -0.15) is 0 Å². The number of aryl methyl sites for hydroxylation is 1. The maximum Gasteiger partial charge on any atom is 0.252 e. The van der Waals surface area contributed by atoms with Crippen LogP contribution in [0.1, 0.15) is 58.2 Å². The number of piperidine rings is 1. The van der Waals surface area contributed by atoms with Gasteiger partial charge < -0.3 is 19.5 Å². The Morgan fingerprint density at radius 1 is 1.38 bits per heavy atom. The Balaban J connectivity index is 1.53. The summed E-state index contributed by atoms with van der Waals surface area (Å²) in [5, 5.41) is 3.46. The second kappa shape index (κ2) is 7.31. The SMILES string of the molecule is CC[C@@H]1CC[C@H](C(=O)N(Cc2nccn2CC)[C@@H]2CC23CCNCC3)O1. The zero-order valence-corrected chi connectivity index (χ0v) is 16.1. The van der Waals surface area contributed by atoms with E-state index in [1.165, 1.54) is 12.8 Å². The minimum Gasteiger partial charge on any atom is -0.365 e. The van der Waals surface area contributed by atoms with Crippen molar-refractivity contribution in [1.82, 2.24) is 19.8 Å². The van der Waals surface area contributed by atoms with Crippen molar-refractivity contribution in [1.29, 1.82) is 0 Å².